The number of aromatic nitrogens is 1. The van der Waals surface area contributed by atoms with Crippen LogP contribution in [0.2, 0.25) is 0 Å². The lowest BCUT2D eigenvalue weighted by molar-refractivity contribution is 0.101. The van der Waals surface area contributed by atoms with Crippen LogP contribution in [0.25, 0.3) is 16.7 Å². The number of benzene rings is 2. The van der Waals surface area contributed by atoms with Crippen LogP contribution >= 0.6 is 0 Å². The normalized spacial score (nSPS) is 10.6. The van der Waals surface area contributed by atoms with Gasteiger partial charge in [-0.05, 0) is 73.1 Å². The van der Waals surface area contributed by atoms with E-state index < -0.39 is 0 Å². The number of carbonyl (C=O) groups is 1. The third kappa shape index (κ3) is 10.9. The fourth-order valence-electron chi connectivity index (χ4n) is 3.93. The lowest BCUT2D eigenvalue weighted by Gasteiger charge is -2.20. The van der Waals surface area contributed by atoms with Crippen LogP contribution in [0.5, 0.6) is 0 Å². The summed E-state index contributed by atoms with van der Waals surface area (Å²) >= 11 is 0. The molecule has 0 aliphatic rings. The van der Waals surface area contributed by atoms with Gasteiger partial charge < -0.3 is 4.57 Å². The summed E-state index contributed by atoms with van der Waals surface area (Å²) in [5.41, 5.74) is 5.96. The molecule has 0 aliphatic carbocycles. The molecule has 0 unspecified atom stereocenters. The molecule has 0 amide bonds. The van der Waals surface area contributed by atoms with Crippen molar-refractivity contribution in [1.29, 1.82) is 0 Å². The summed E-state index contributed by atoms with van der Waals surface area (Å²) in [5, 5.41) is 0. The first-order valence-corrected chi connectivity index (χ1v) is 14.4. The van der Waals surface area contributed by atoms with Gasteiger partial charge >= 0.3 is 0 Å². The molecule has 4 heteroatoms. The van der Waals surface area contributed by atoms with E-state index in [1.165, 1.54) is 25.1 Å². The van der Waals surface area contributed by atoms with Gasteiger partial charge in [0.1, 0.15) is 5.82 Å². The zero-order valence-corrected chi connectivity index (χ0v) is 26.6. The predicted octanol–water partition coefficient (Wildman–Crippen LogP) is 10.3. The van der Waals surface area contributed by atoms with Gasteiger partial charge in [-0.3, -0.25) is 9.59 Å². The maximum absolute atomic E-state index is 13.5. The highest BCUT2D eigenvalue weighted by atomic mass is 19.1. The second-order valence-corrected chi connectivity index (χ2v) is 9.77. The maximum Gasteiger partial charge on any atom is 0.192 e. The summed E-state index contributed by atoms with van der Waals surface area (Å²) in [6.45, 7) is 26.9. The van der Waals surface area contributed by atoms with Gasteiger partial charge in [0.2, 0.25) is 0 Å². The molecule has 40 heavy (non-hydrogen) atoms. The van der Waals surface area contributed by atoms with Crippen LogP contribution in [0.3, 0.4) is 0 Å². The van der Waals surface area contributed by atoms with Gasteiger partial charge in [0.25, 0.3) is 0 Å². The second-order valence-electron chi connectivity index (χ2n) is 9.77. The molecule has 0 saturated carbocycles. The fraction of sp³-hybridized carbons (Fsp3) is 0.389. The van der Waals surface area contributed by atoms with Gasteiger partial charge in [-0.2, -0.15) is 0 Å². The second kappa shape index (κ2) is 18.7. The van der Waals surface area contributed by atoms with Gasteiger partial charge in [0.15, 0.2) is 11.2 Å². The highest BCUT2D eigenvalue weighted by molar-refractivity contribution is 6.13. The van der Waals surface area contributed by atoms with Gasteiger partial charge in [0, 0.05) is 24.5 Å². The Hall–Kier alpha value is -3.53. The molecule has 0 spiro atoms. The van der Waals surface area contributed by atoms with Crippen LogP contribution in [0.1, 0.15) is 108 Å². The monoisotopic (exact) mass is 547 g/mol. The summed E-state index contributed by atoms with van der Waals surface area (Å²) in [5.74, 6) is 0.277. The lowest BCUT2D eigenvalue weighted by Crippen LogP contribution is -2.19. The van der Waals surface area contributed by atoms with E-state index in [1.807, 2.05) is 71.2 Å². The Labute approximate surface area is 242 Å². The number of rotatable bonds is 7. The quantitative estimate of drug-likeness (QED) is 0.218. The summed E-state index contributed by atoms with van der Waals surface area (Å²) in [7, 11) is 0. The first-order chi connectivity index (χ1) is 19.0. The van der Waals surface area contributed by atoms with Crippen LogP contribution in [0.4, 0.5) is 4.39 Å². The van der Waals surface area contributed by atoms with Crippen molar-refractivity contribution in [2.45, 2.75) is 89.1 Å². The molecule has 3 aromatic rings. The van der Waals surface area contributed by atoms with Crippen molar-refractivity contribution < 1.29 is 9.18 Å². The average molecular weight is 548 g/mol. The van der Waals surface area contributed by atoms with Gasteiger partial charge in [-0.15, -0.1) is 0 Å². The van der Waals surface area contributed by atoms with Crippen LogP contribution in [-0.2, 0) is 6.54 Å². The number of Topliss-reactive ketones (excluding diaryl/α,β-unsaturated/α-hetero) is 1. The van der Waals surface area contributed by atoms with E-state index in [2.05, 4.69) is 33.4 Å². The van der Waals surface area contributed by atoms with Gasteiger partial charge in [0.05, 0.1) is 5.56 Å². The molecule has 1 aromatic heterocycles. The number of pyridine rings is 1. The third-order valence-corrected chi connectivity index (χ3v) is 5.53. The minimum atomic E-state index is -0.309. The average Bonchev–Trinajstić information content (AvgIpc) is 2.92. The van der Waals surface area contributed by atoms with Crippen molar-refractivity contribution in [3.63, 3.8) is 0 Å². The zero-order valence-electron chi connectivity index (χ0n) is 26.6. The Morgan fingerprint density at radius 3 is 1.95 bits per heavy atom. The van der Waals surface area contributed by atoms with E-state index in [1.54, 1.807) is 18.3 Å². The zero-order chi connectivity index (χ0) is 31.0. The molecule has 218 valence electrons. The first kappa shape index (κ1) is 36.5. The number of carbonyl (C=O) groups excluding carboxylic acids is 1. The molecule has 0 aliphatic heterocycles. The molecule has 3 nitrogen and oxygen atoms in total. The van der Waals surface area contributed by atoms with E-state index in [9.17, 15) is 14.0 Å². The Bertz CT molecular complexity index is 1310. The topological polar surface area (TPSA) is 39.1 Å². The van der Waals surface area contributed by atoms with Crippen LogP contribution in [0.15, 0.2) is 72.2 Å². The smallest absolute Gasteiger partial charge is 0.192 e. The number of hydrogen-bond acceptors (Lipinski definition) is 2. The number of halogens is 1. The molecule has 0 fully saturated rings. The van der Waals surface area contributed by atoms with E-state index in [0.29, 0.717) is 6.54 Å². The van der Waals surface area contributed by atoms with E-state index >= 15 is 0 Å². The summed E-state index contributed by atoms with van der Waals surface area (Å²) < 4.78 is 15.5. The minimum Gasteiger partial charge on any atom is -0.347 e. The largest absolute Gasteiger partial charge is 0.347 e. The molecule has 0 radical (unpaired) electrons. The predicted molar refractivity (Wildman–Crippen MR) is 173 cm³/mol. The molecule has 0 atom stereocenters. The SMILES string of the molecule is C=C(/C(=C(\C)c1cc(=O)c(C(C)=O)cn1CCC)c1cccc(C)c1)c1ccc(F)cc1.CC.CC.CC(C)C. The van der Waals surface area contributed by atoms with Crippen LogP contribution in [-0.4, -0.2) is 10.4 Å². The number of allylic oxidation sites excluding steroid dienone is 3. The Balaban J connectivity index is 0.00000171. The van der Waals surface area contributed by atoms with Crippen molar-refractivity contribution in [1.82, 2.24) is 4.57 Å². The maximum atomic E-state index is 13.5. The highest BCUT2D eigenvalue weighted by Crippen LogP contribution is 2.36. The van der Waals surface area contributed by atoms with Crippen molar-refractivity contribution in [3.05, 3.63) is 111 Å². The third-order valence-electron chi connectivity index (χ3n) is 5.53. The Kier molecular flexibility index (Phi) is 17.1. The van der Waals surface area contributed by atoms with Crippen molar-refractivity contribution >= 4 is 22.5 Å². The van der Waals surface area contributed by atoms with Crippen molar-refractivity contribution in [2.24, 2.45) is 5.92 Å². The molecular formula is C36H50FNO2. The summed E-state index contributed by atoms with van der Waals surface area (Å²) in [6.07, 6.45) is 2.50. The van der Waals surface area contributed by atoms with Crippen molar-refractivity contribution in [3.8, 4) is 0 Å². The number of nitrogens with zero attached hydrogens (tertiary/aromatic N) is 1. The van der Waals surface area contributed by atoms with Gasteiger partial charge in [-0.25, -0.2) is 4.39 Å². The Morgan fingerprint density at radius 1 is 0.925 bits per heavy atom. The summed E-state index contributed by atoms with van der Waals surface area (Å²) in [6, 6.07) is 15.9. The van der Waals surface area contributed by atoms with Crippen LogP contribution < -0.4 is 5.43 Å². The first-order valence-electron chi connectivity index (χ1n) is 14.4. The standard InChI is InChI=1S/C28H28FNO2.C4H10.2C2H6/c1-6-14-30-17-25(21(5)31)27(32)16-26(30)20(4)28(23-9-7-8-18(2)15-23)19(3)22-10-12-24(29)13-11-22;1-4(2)3;2*1-2/h7-13,15-17H,3,6,14H2,1-2,4-5H3;4H,1-3H3;2*1-2H3/b28-20-;;;. The van der Waals surface area contributed by atoms with E-state index in [0.717, 1.165) is 51.4 Å². The van der Waals surface area contributed by atoms with Gasteiger partial charge in [-0.1, -0.05) is 104 Å². The molecular weight excluding hydrogens is 497 g/mol. The molecule has 0 saturated heterocycles. The minimum absolute atomic E-state index is 0.185. The fourth-order valence-corrected chi connectivity index (χ4v) is 3.93. The van der Waals surface area contributed by atoms with Crippen LogP contribution in [0, 0.1) is 18.7 Å². The molecule has 0 N–H and O–H groups in total. The van der Waals surface area contributed by atoms with E-state index in [-0.39, 0.29) is 22.6 Å². The number of aryl methyl sites for hydroxylation is 2. The van der Waals surface area contributed by atoms with Crippen molar-refractivity contribution in [2.75, 3.05) is 0 Å². The highest BCUT2D eigenvalue weighted by Gasteiger charge is 2.18. The summed E-state index contributed by atoms with van der Waals surface area (Å²) in [4.78, 5) is 24.7. The molecule has 3 rings (SSSR count). The lowest BCUT2D eigenvalue weighted by atomic mass is 9.88. The molecule has 1 heterocycles. The van der Waals surface area contributed by atoms with E-state index in [4.69, 9.17) is 0 Å². The molecule has 0 bridgehead atoms. The Morgan fingerprint density at radius 2 is 1.48 bits per heavy atom. The molecule has 2 aromatic carbocycles. The number of hydrogen-bond donors (Lipinski definition) is 0. The number of ketones is 1.